The summed E-state index contributed by atoms with van der Waals surface area (Å²) in [6, 6.07) is 4.83. The Morgan fingerprint density at radius 3 is 2.60 bits per heavy atom. The zero-order chi connectivity index (χ0) is 14.9. The lowest BCUT2D eigenvalue weighted by Gasteiger charge is -2.16. The first-order valence-electron chi connectivity index (χ1n) is 5.48. The number of alkyl halides is 3. The van der Waals surface area contributed by atoms with Gasteiger partial charge in [0.2, 0.25) is 0 Å². The predicted octanol–water partition coefficient (Wildman–Crippen LogP) is 4.89. The molecule has 1 N–H and O–H groups in total. The smallest absolute Gasteiger partial charge is 0.309 e. The highest BCUT2D eigenvalue weighted by atomic mass is 79.9. The van der Waals surface area contributed by atoms with Gasteiger partial charge < -0.3 is 5.32 Å². The number of aromatic nitrogens is 1. The normalized spacial score (nSPS) is 13.5. The van der Waals surface area contributed by atoms with Crippen LogP contribution in [0.1, 0.15) is 21.5 Å². The van der Waals surface area contributed by atoms with Gasteiger partial charge in [0, 0.05) is 20.6 Å². The molecule has 2 nitrogen and oxygen atoms in total. The second kappa shape index (κ2) is 6.01. The van der Waals surface area contributed by atoms with Gasteiger partial charge in [0.05, 0.1) is 6.04 Å². The monoisotopic (exact) mass is 384 g/mol. The molecule has 8 heteroatoms. The van der Waals surface area contributed by atoms with Gasteiger partial charge in [-0.2, -0.15) is 13.2 Å². The second-order valence-electron chi connectivity index (χ2n) is 3.95. The van der Waals surface area contributed by atoms with Crippen LogP contribution in [-0.4, -0.2) is 12.0 Å². The maximum atomic E-state index is 12.6. The van der Waals surface area contributed by atoms with E-state index in [0.29, 0.717) is 26.8 Å². The molecule has 2 rings (SSSR count). The van der Waals surface area contributed by atoms with Crippen molar-refractivity contribution in [1.29, 1.82) is 0 Å². The van der Waals surface area contributed by atoms with Gasteiger partial charge in [0.1, 0.15) is 0 Å². The van der Waals surface area contributed by atoms with Gasteiger partial charge in [-0.1, -0.05) is 33.6 Å². The standard InChI is InChI=1S/C12H9BrClF3N2S/c1-18-10(7-3-2-6(13)4-8(7)14)9-5-19-11(20-9)12(15,16)17/h2-5,10,18H,1H3. The summed E-state index contributed by atoms with van der Waals surface area (Å²) in [6.07, 6.45) is -3.20. The van der Waals surface area contributed by atoms with Gasteiger partial charge in [-0.05, 0) is 24.7 Å². The number of thiazole rings is 1. The molecule has 0 aliphatic heterocycles. The van der Waals surface area contributed by atoms with Gasteiger partial charge in [-0.3, -0.25) is 0 Å². The first kappa shape index (κ1) is 15.8. The second-order valence-corrected chi connectivity index (χ2v) is 6.34. The zero-order valence-corrected chi connectivity index (χ0v) is 13.3. The van der Waals surface area contributed by atoms with E-state index in [9.17, 15) is 13.2 Å². The van der Waals surface area contributed by atoms with E-state index in [2.05, 4.69) is 26.2 Å². The molecule has 20 heavy (non-hydrogen) atoms. The summed E-state index contributed by atoms with van der Waals surface area (Å²) < 4.78 is 38.6. The molecule has 1 unspecified atom stereocenters. The molecule has 0 aliphatic rings. The molecule has 0 saturated heterocycles. The molecule has 0 amide bonds. The molecule has 1 atom stereocenters. The van der Waals surface area contributed by atoms with E-state index in [1.54, 1.807) is 25.2 Å². The Bertz CT molecular complexity index is 615. The predicted molar refractivity (Wildman–Crippen MR) is 77.2 cm³/mol. The van der Waals surface area contributed by atoms with Crippen LogP contribution in [0.25, 0.3) is 0 Å². The van der Waals surface area contributed by atoms with Crippen LogP contribution in [0.3, 0.4) is 0 Å². The van der Waals surface area contributed by atoms with Crippen molar-refractivity contribution < 1.29 is 13.2 Å². The van der Waals surface area contributed by atoms with E-state index in [1.807, 2.05) is 0 Å². The first-order valence-corrected chi connectivity index (χ1v) is 7.47. The van der Waals surface area contributed by atoms with Crippen molar-refractivity contribution in [3.63, 3.8) is 0 Å². The van der Waals surface area contributed by atoms with E-state index in [0.717, 1.165) is 4.47 Å². The summed E-state index contributed by atoms with van der Waals surface area (Å²) >= 11 is 10.0. The number of nitrogens with zero attached hydrogens (tertiary/aromatic N) is 1. The van der Waals surface area contributed by atoms with Crippen LogP contribution in [0.15, 0.2) is 28.9 Å². The Morgan fingerprint density at radius 2 is 2.10 bits per heavy atom. The fraction of sp³-hybridized carbons (Fsp3) is 0.250. The Labute approximate surface area is 131 Å². The third-order valence-corrected chi connectivity index (χ3v) is 4.54. The van der Waals surface area contributed by atoms with Gasteiger partial charge >= 0.3 is 6.18 Å². The van der Waals surface area contributed by atoms with E-state index in [-0.39, 0.29) is 0 Å². The quantitative estimate of drug-likeness (QED) is 0.814. The summed E-state index contributed by atoms with van der Waals surface area (Å²) in [5.74, 6) is 0. The van der Waals surface area contributed by atoms with Crippen molar-refractivity contribution in [3.8, 4) is 0 Å². The first-order chi connectivity index (χ1) is 9.32. The molecule has 2 aromatic rings. The summed E-state index contributed by atoms with van der Waals surface area (Å²) in [4.78, 5) is 3.89. The van der Waals surface area contributed by atoms with Crippen molar-refractivity contribution in [2.75, 3.05) is 7.05 Å². The van der Waals surface area contributed by atoms with E-state index in [4.69, 9.17) is 11.6 Å². The van der Waals surface area contributed by atoms with Gasteiger partial charge in [0.15, 0.2) is 5.01 Å². The fourth-order valence-corrected chi connectivity index (χ4v) is 3.43. The number of benzene rings is 1. The Hall–Kier alpha value is -0.630. The zero-order valence-electron chi connectivity index (χ0n) is 10.1. The highest BCUT2D eigenvalue weighted by Gasteiger charge is 2.35. The largest absolute Gasteiger partial charge is 0.443 e. The number of nitrogens with one attached hydrogen (secondary N) is 1. The molecule has 0 bridgehead atoms. The Kier molecular flexibility index (Phi) is 4.73. The SMILES string of the molecule is CNC(c1cnc(C(F)(F)F)s1)c1ccc(Br)cc1Cl. The summed E-state index contributed by atoms with van der Waals surface area (Å²) in [5, 5.41) is 2.58. The van der Waals surface area contributed by atoms with Crippen LogP contribution >= 0.6 is 38.9 Å². The van der Waals surface area contributed by atoms with Crippen LogP contribution in [0.4, 0.5) is 13.2 Å². The lowest BCUT2D eigenvalue weighted by Crippen LogP contribution is -2.16. The molecule has 1 aromatic carbocycles. The van der Waals surface area contributed by atoms with Gasteiger partial charge in [0.25, 0.3) is 0 Å². The minimum absolute atomic E-state index is 0.427. The number of rotatable bonds is 3. The van der Waals surface area contributed by atoms with E-state index >= 15 is 0 Å². The highest BCUT2D eigenvalue weighted by Crippen LogP contribution is 2.37. The topological polar surface area (TPSA) is 24.9 Å². The van der Waals surface area contributed by atoms with Crippen LogP contribution in [0.5, 0.6) is 0 Å². The van der Waals surface area contributed by atoms with E-state index in [1.165, 1.54) is 6.20 Å². The average Bonchev–Trinajstić information content (AvgIpc) is 2.82. The minimum Gasteiger partial charge on any atom is -0.309 e. The van der Waals surface area contributed by atoms with Crippen molar-refractivity contribution in [3.05, 3.63) is 49.3 Å². The molecule has 108 valence electrons. The molecule has 0 fully saturated rings. The number of halogens is 5. The molecular weight excluding hydrogens is 377 g/mol. The molecule has 0 saturated carbocycles. The van der Waals surface area contributed by atoms with Crippen molar-refractivity contribution >= 4 is 38.9 Å². The summed E-state index contributed by atoms with van der Waals surface area (Å²) in [7, 11) is 1.66. The van der Waals surface area contributed by atoms with Crippen molar-refractivity contribution in [1.82, 2.24) is 10.3 Å². The number of hydrogen-bond acceptors (Lipinski definition) is 3. The minimum atomic E-state index is -4.43. The molecular formula is C12H9BrClF3N2S. The summed E-state index contributed by atoms with van der Waals surface area (Å²) in [6.45, 7) is 0. The lowest BCUT2D eigenvalue weighted by atomic mass is 10.1. The lowest BCUT2D eigenvalue weighted by molar-refractivity contribution is -0.137. The van der Waals surface area contributed by atoms with Crippen LogP contribution < -0.4 is 5.32 Å². The third-order valence-electron chi connectivity index (χ3n) is 2.61. The Morgan fingerprint density at radius 1 is 1.40 bits per heavy atom. The van der Waals surface area contributed by atoms with Crippen LogP contribution in [-0.2, 0) is 6.18 Å². The average molecular weight is 386 g/mol. The molecule has 1 aromatic heterocycles. The third kappa shape index (κ3) is 3.33. The van der Waals surface area contributed by atoms with Gasteiger partial charge in [-0.15, -0.1) is 11.3 Å². The van der Waals surface area contributed by atoms with Crippen LogP contribution in [0.2, 0.25) is 5.02 Å². The fourth-order valence-electron chi connectivity index (χ4n) is 1.74. The van der Waals surface area contributed by atoms with E-state index < -0.39 is 17.2 Å². The summed E-state index contributed by atoms with van der Waals surface area (Å²) in [5.41, 5.74) is 0.703. The molecule has 0 aliphatic carbocycles. The van der Waals surface area contributed by atoms with Crippen molar-refractivity contribution in [2.24, 2.45) is 0 Å². The molecule has 0 spiro atoms. The Balaban J connectivity index is 2.40. The highest BCUT2D eigenvalue weighted by molar-refractivity contribution is 9.10. The van der Waals surface area contributed by atoms with Gasteiger partial charge in [-0.25, -0.2) is 4.98 Å². The molecule has 0 radical (unpaired) electrons. The van der Waals surface area contributed by atoms with Crippen LogP contribution in [0, 0.1) is 0 Å². The maximum absolute atomic E-state index is 12.6. The van der Waals surface area contributed by atoms with Crippen molar-refractivity contribution in [2.45, 2.75) is 12.2 Å². The molecule has 1 heterocycles. The number of hydrogen-bond donors (Lipinski definition) is 1. The maximum Gasteiger partial charge on any atom is 0.443 e.